The van der Waals surface area contributed by atoms with E-state index in [0.29, 0.717) is 58.5 Å². The number of piperidine rings is 3. The molecule has 8 rings (SSSR count). The Bertz CT molecular complexity index is 1690. The van der Waals surface area contributed by atoms with Crippen LogP contribution in [0.15, 0.2) is 54.6 Å². The number of halogens is 2. The van der Waals surface area contributed by atoms with E-state index in [4.69, 9.17) is 37.4 Å². The second kappa shape index (κ2) is 16.1. The van der Waals surface area contributed by atoms with Crippen molar-refractivity contribution in [3.05, 3.63) is 81.3 Å². The standard InChI is InChI=1S/C40H49Cl2N3O7/c41-32-17-26(21-43-22-35(47)31-19-30(46)20-34-38(31)51-24-37(48)44-34)18-33(42)39(32)50-16-6-13-45-14-11-27(12-15-45)36(23-45)52-25-40(49,29-9-4-5-10-29)28-7-2-1-3-8-28/h1-3,7-8,17-20,27,29,35-36,43,47,49H,4-6,9-16,21-25H2,(H-,44,46,48)/p+1/t27?,35-,36-,40?,45?/m0/s1. The number of phenols is 1. The summed E-state index contributed by atoms with van der Waals surface area (Å²) in [6.07, 6.45) is 6.71. The molecule has 4 fully saturated rings. The minimum Gasteiger partial charge on any atom is -0.508 e. The van der Waals surface area contributed by atoms with Crippen molar-refractivity contribution in [3.63, 3.8) is 0 Å². The lowest BCUT2D eigenvalue weighted by atomic mass is 9.80. The van der Waals surface area contributed by atoms with Crippen LogP contribution in [0.4, 0.5) is 5.69 Å². The highest BCUT2D eigenvalue weighted by atomic mass is 35.5. The number of amides is 1. The fraction of sp³-hybridized carbons (Fsp3) is 0.525. The number of carbonyl (C=O) groups excluding carboxylic acids is 1. The highest BCUT2D eigenvalue weighted by Crippen LogP contribution is 2.43. The third-order valence-corrected chi connectivity index (χ3v) is 12.3. The second-order valence-electron chi connectivity index (χ2n) is 15.1. The van der Waals surface area contributed by atoms with E-state index in [2.05, 4.69) is 10.6 Å². The molecule has 3 aromatic carbocycles. The smallest absolute Gasteiger partial charge is 0.262 e. The van der Waals surface area contributed by atoms with E-state index in [1.807, 2.05) is 30.3 Å². The van der Waals surface area contributed by atoms with Gasteiger partial charge in [0.2, 0.25) is 0 Å². The van der Waals surface area contributed by atoms with E-state index in [-0.39, 0.29) is 36.8 Å². The van der Waals surface area contributed by atoms with Crippen LogP contribution in [0.5, 0.6) is 17.2 Å². The molecule has 3 aromatic rings. The number of aliphatic hydroxyl groups excluding tert-OH is 1. The summed E-state index contributed by atoms with van der Waals surface area (Å²) in [5.41, 5.74) is 1.55. The van der Waals surface area contributed by atoms with Crippen molar-refractivity contribution in [2.75, 3.05) is 57.9 Å². The number of hydrogen-bond donors (Lipinski definition) is 5. The highest BCUT2D eigenvalue weighted by molar-refractivity contribution is 6.37. The third-order valence-electron chi connectivity index (χ3n) is 11.7. The fourth-order valence-electron chi connectivity index (χ4n) is 8.88. The molecule has 1 aliphatic carbocycles. The van der Waals surface area contributed by atoms with Gasteiger partial charge in [-0.15, -0.1) is 0 Å². The lowest BCUT2D eigenvalue weighted by Crippen LogP contribution is -2.65. The Labute approximate surface area is 315 Å². The Morgan fingerprint density at radius 3 is 2.50 bits per heavy atom. The van der Waals surface area contributed by atoms with Gasteiger partial charge in [-0.05, 0) is 48.1 Å². The van der Waals surface area contributed by atoms with Gasteiger partial charge in [-0.2, -0.15) is 0 Å². The lowest BCUT2D eigenvalue weighted by Gasteiger charge is -2.53. The van der Waals surface area contributed by atoms with Crippen molar-refractivity contribution in [2.45, 2.75) is 69.3 Å². The zero-order valence-electron chi connectivity index (χ0n) is 29.5. The third kappa shape index (κ3) is 8.18. The van der Waals surface area contributed by atoms with E-state index in [0.717, 1.165) is 73.9 Å². The summed E-state index contributed by atoms with van der Waals surface area (Å²) in [7, 11) is 0. The number of aliphatic hydroxyl groups is 2. The van der Waals surface area contributed by atoms with Crippen molar-refractivity contribution in [1.82, 2.24) is 5.32 Å². The van der Waals surface area contributed by atoms with E-state index < -0.39 is 11.7 Å². The number of nitrogens with one attached hydrogen (secondary N) is 2. The maximum absolute atomic E-state index is 12.0. The Morgan fingerprint density at radius 1 is 1.04 bits per heavy atom. The molecule has 5 aliphatic rings. The minimum atomic E-state index is -1.00. The number of phenolic OH excluding ortho intramolecular Hbond substituents is 1. The maximum atomic E-state index is 12.0. The van der Waals surface area contributed by atoms with Gasteiger partial charge >= 0.3 is 0 Å². The molecule has 2 bridgehead atoms. The van der Waals surface area contributed by atoms with Crippen molar-refractivity contribution >= 4 is 34.8 Å². The zero-order chi connectivity index (χ0) is 36.3. The SMILES string of the molecule is O=C1COc2c(cc(O)cc2[C@@H](O)CNCc2cc(Cl)c(OCCC[N+]34CCC(CC3)[C@@H](OCC(O)(c3ccccc3)C3CCCC3)C4)c(Cl)c2)N1. The Balaban J connectivity index is 0.891. The van der Waals surface area contributed by atoms with Crippen LogP contribution < -0.4 is 20.1 Å². The molecular weight excluding hydrogens is 705 g/mol. The number of quaternary nitrogens is 1. The van der Waals surface area contributed by atoms with Gasteiger partial charge in [0.05, 0.1) is 54.7 Å². The van der Waals surface area contributed by atoms with Gasteiger partial charge in [0.15, 0.2) is 12.4 Å². The summed E-state index contributed by atoms with van der Waals surface area (Å²) in [6, 6.07) is 16.5. The first-order chi connectivity index (χ1) is 25.1. The predicted molar refractivity (Wildman–Crippen MR) is 200 cm³/mol. The first-order valence-corrected chi connectivity index (χ1v) is 19.4. The number of carbonyl (C=O) groups is 1. The van der Waals surface area contributed by atoms with Gasteiger partial charge < -0.3 is 44.6 Å². The molecule has 12 heteroatoms. The molecule has 0 aromatic heterocycles. The molecular formula is C40H50Cl2N3O7+. The monoisotopic (exact) mass is 754 g/mol. The number of ether oxygens (including phenoxy) is 3. The number of nitrogens with zero attached hydrogens (tertiary/aromatic N) is 1. The molecule has 1 unspecified atom stereocenters. The van der Waals surface area contributed by atoms with Gasteiger partial charge in [-0.25, -0.2) is 0 Å². The van der Waals surface area contributed by atoms with Crippen molar-refractivity contribution in [3.8, 4) is 17.2 Å². The van der Waals surface area contributed by atoms with Crippen LogP contribution in [0.3, 0.4) is 0 Å². The van der Waals surface area contributed by atoms with Crippen LogP contribution >= 0.6 is 23.2 Å². The molecule has 0 spiro atoms. The normalized spacial score (nSPS) is 24.5. The minimum absolute atomic E-state index is 0.0850. The summed E-state index contributed by atoms with van der Waals surface area (Å²) in [5, 5.41) is 39.7. The van der Waals surface area contributed by atoms with E-state index in [1.54, 1.807) is 12.1 Å². The molecule has 0 radical (unpaired) electrons. The average Bonchev–Trinajstić information content (AvgIpc) is 3.70. The summed E-state index contributed by atoms with van der Waals surface area (Å²) >= 11 is 13.3. The van der Waals surface area contributed by atoms with Gasteiger partial charge in [0.1, 0.15) is 29.7 Å². The van der Waals surface area contributed by atoms with Gasteiger partial charge in [-0.1, -0.05) is 66.4 Å². The van der Waals surface area contributed by atoms with E-state index >= 15 is 0 Å². The average molecular weight is 756 g/mol. The molecule has 1 saturated carbocycles. The zero-order valence-corrected chi connectivity index (χ0v) is 31.0. The van der Waals surface area contributed by atoms with Crippen LogP contribution in [0, 0.1) is 11.8 Å². The molecule has 3 saturated heterocycles. The number of anilines is 1. The largest absolute Gasteiger partial charge is 0.508 e. The molecule has 1 amide bonds. The molecule has 52 heavy (non-hydrogen) atoms. The van der Waals surface area contributed by atoms with Gasteiger partial charge in [0, 0.05) is 49.9 Å². The second-order valence-corrected chi connectivity index (χ2v) is 16.0. The van der Waals surface area contributed by atoms with Crippen molar-refractivity contribution in [2.24, 2.45) is 11.8 Å². The first-order valence-electron chi connectivity index (χ1n) is 18.7. The predicted octanol–water partition coefficient (Wildman–Crippen LogP) is 6.33. The quantitative estimate of drug-likeness (QED) is 0.0901. The number of fused-ring (bicyclic) bond motifs is 4. The Morgan fingerprint density at radius 2 is 1.77 bits per heavy atom. The Kier molecular flexibility index (Phi) is 11.5. The van der Waals surface area contributed by atoms with Crippen LogP contribution in [0.1, 0.15) is 67.7 Å². The van der Waals surface area contributed by atoms with E-state index in [9.17, 15) is 20.1 Å². The summed E-state index contributed by atoms with van der Waals surface area (Å²) < 4.78 is 19.4. The maximum Gasteiger partial charge on any atom is 0.262 e. The number of benzene rings is 3. The fourth-order valence-corrected chi connectivity index (χ4v) is 9.52. The Hall–Kier alpha value is -3.09. The van der Waals surface area contributed by atoms with Crippen LogP contribution in [-0.2, 0) is 21.7 Å². The van der Waals surface area contributed by atoms with Crippen LogP contribution in [0.25, 0.3) is 0 Å². The molecule has 3 atom stereocenters. The number of aromatic hydroxyl groups is 1. The van der Waals surface area contributed by atoms with Crippen LogP contribution in [0.2, 0.25) is 10.0 Å². The van der Waals surface area contributed by atoms with Crippen LogP contribution in [-0.4, -0.2) is 84.4 Å². The topological polar surface area (TPSA) is 130 Å². The summed E-state index contributed by atoms with van der Waals surface area (Å²) in [5.74, 6) is 1.17. The molecule has 10 nitrogen and oxygen atoms in total. The summed E-state index contributed by atoms with van der Waals surface area (Å²) in [4.78, 5) is 11.7. The van der Waals surface area contributed by atoms with Crippen molar-refractivity contribution < 1.29 is 38.8 Å². The molecule has 4 heterocycles. The molecule has 280 valence electrons. The van der Waals surface area contributed by atoms with Crippen molar-refractivity contribution in [1.29, 1.82) is 0 Å². The summed E-state index contributed by atoms with van der Waals surface area (Å²) in [6.45, 7) is 5.46. The van der Waals surface area contributed by atoms with Gasteiger partial charge in [-0.3, -0.25) is 4.79 Å². The molecule has 4 aliphatic heterocycles. The van der Waals surface area contributed by atoms with Gasteiger partial charge in [0.25, 0.3) is 5.91 Å². The number of rotatable bonds is 15. The first kappa shape index (κ1) is 37.2. The highest BCUT2D eigenvalue weighted by Gasteiger charge is 2.48. The lowest BCUT2D eigenvalue weighted by molar-refractivity contribution is -0.946. The van der Waals surface area contributed by atoms with E-state index in [1.165, 1.54) is 25.0 Å². The number of hydrogen-bond acceptors (Lipinski definition) is 8. The molecule has 5 N–H and O–H groups in total.